The summed E-state index contributed by atoms with van der Waals surface area (Å²) in [5.41, 5.74) is 0.698. The van der Waals surface area contributed by atoms with Gasteiger partial charge in [0, 0.05) is 19.7 Å². The Morgan fingerprint density at radius 2 is 1.82 bits per heavy atom. The number of carbonyl (C=O) groups is 1. The third kappa shape index (κ3) is 15.2. The number of carbonyl (C=O) groups excluding carboxylic acids is 1. The van der Waals surface area contributed by atoms with E-state index in [1.807, 2.05) is 12.3 Å². The van der Waals surface area contributed by atoms with Crippen LogP contribution in [0.4, 0.5) is 10.5 Å². The molecule has 0 atom stereocenters. The Hall–Kier alpha value is -2.65. The monoisotopic (exact) mass is 501 g/mol. The number of aliphatic imine (C=N–C) groups is 1. The van der Waals surface area contributed by atoms with Gasteiger partial charge in [-0.1, -0.05) is 20.8 Å². The largest absolute Gasteiger partial charge is 1.00 e. The summed E-state index contributed by atoms with van der Waals surface area (Å²) in [5.74, 6) is 0.348. The number of anilines is 1. The zero-order valence-electron chi connectivity index (χ0n) is 20.3. The Kier molecular flexibility index (Phi) is 17.3. The molecular weight excluding hydrogens is 466 g/mol. The minimum Gasteiger partial charge on any atom is -1.00 e. The number of hydrogen-bond donors (Lipinski definition) is 2. The molecule has 0 unspecified atom stereocenters. The Balaban J connectivity index is 0.0000109. The molecule has 0 aromatic carbocycles. The molecule has 0 radical (unpaired) electrons. The van der Waals surface area contributed by atoms with Gasteiger partial charge in [-0.25, -0.2) is 4.79 Å². The number of nitriles is 1. The molecule has 0 fully saturated rings. The highest BCUT2D eigenvalue weighted by molar-refractivity contribution is 5.94. The molecule has 0 saturated heterocycles. The maximum Gasteiger partial charge on any atom is 0.513 e. The number of nitrogens with one attached hydrogen (secondary N) is 2. The van der Waals surface area contributed by atoms with Crippen molar-refractivity contribution in [2.75, 3.05) is 58.6 Å². The number of rotatable bonds is 15. The fraction of sp³-hybridized carbons (Fsp3) is 0.636. The Labute approximate surface area is 207 Å². The van der Waals surface area contributed by atoms with E-state index in [-0.39, 0.29) is 37.8 Å². The van der Waals surface area contributed by atoms with Crippen LogP contribution in [0, 0.1) is 16.9 Å². The molecule has 0 aliphatic carbocycles. The van der Waals surface area contributed by atoms with Crippen molar-refractivity contribution in [3.8, 4) is 6.19 Å². The summed E-state index contributed by atoms with van der Waals surface area (Å²) in [6, 6.07) is 3.59. The van der Waals surface area contributed by atoms with Gasteiger partial charge < -0.3 is 41.4 Å². The van der Waals surface area contributed by atoms with Crippen LogP contribution in [0.2, 0.25) is 0 Å². The highest BCUT2D eigenvalue weighted by atomic mass is 35.5. The second kappa shape index (κ2) is 18.7. The van der Waals surface area contributed by atoms with Crippen molar-refractivity contribution in [2.45, 2.75) is 33.9 Å². The molecule has 34 heavy (non-hydrogen) atoms. The van der Waals surface area contributed by atoms with Crippen LogP contribution in [0.15, 0.2) is 29.5 Å². The second-order valence-corrected chi connectivity index (χ2v) is 7.74. The predicted octanol–water partition coefficient (Wildman–Crippen LogP) is -0.957. The van der Waals surface area contributed by atoms with Gasteiger partial charge in [0.2, 0.25) is 5.96 Å². The van der Waals surface area contributed by atoms with Crippen LogP contribution in [0.5, 0.6) is 0 Å². The van der Waals surface area contributed by atoms with Gasteiger partial charge in [-0.3, -0.25) is 10.3 Å². The first-order valence-corrected chi connectivity index (χ1v) is 10.8. The molecular formula is C22H36ClN5O6. The lowest BCUT2D eigenvalue weighted by atomic mass is 9.91. The van der Waals surface area contributed by atoms with E-state index >= 15 is 0 Å². The molecule has 0 bridgehead atoms. The van der Waals surface area contributed by atoms with Crippen LogP contribution in [0.25, 0.3) is 0 Å². The highest BCUT2D eigenvalue weighted by Crippen LogP contribution is 2.19. The van der Waals surface area contributed by atoms with Crippen LogP contribution >= 0.6 is 0 Å². The van der Waals surface area contributed by atoms with E-state index in [0.717, 1.165) is 6.42 Å². The number of nitrogens with zero attached hydrogens (tertiary/aromatic N) is 3. The average molecular weight is 502 g/mol. The van der Waals surface area contributed by atoms with E-state index in [4.69, 9.17) is 28.9 Å². The Bertz CT molecular complexity index is 772. The number of pyridine rings is 1. The molecule has 2 N–H and O–H groups in total. The molecule has 192 valence electrons. The fourth-order valence-corrected chi connectivity index (χ4v) is 2.20. The number of halogens is 1. The van der Waals surface area contributed by atoms with Crippen molar-refractivity contribution >= 4 is 17.8 Å². The molecule has 1 heterocycles. The molecule has 1 aromatic rings. The molecule has 0 amide bonds. The third-order valence-electron chi connectivity index (χ3n) is 4.50. The molecule has 0 saturated carbocycles. The Morgan fingerprint density at radius 3 is 2.47 bits per heavy atom. The number of hydrogen-bond acceptors (Lipinski definition) is 8. The van der Waals surface area contributed by atoms with Gasteiger partial charge in [0.15, 0.2) is 18.6 Å². The van der Waals surface area contributed by atoms with Crippen molar-refractivity contribution in [3.63, 3.8) is 0 Å². The van der Waals surface area contributed by atoms with E-state index in [2.05, 4.69) is 36.4 Å². The number of methoxy groups -OCH3 is 1. The van der Waals surface area contributed by atoms with Crippen molar-refractivity contribution in [1.29, 1.82) is 5.26 Å². The summed E-state index contributed by atoms with van der Waals surface area (Å²) in [7, 11) is 1.61. The average Bonchev–Trinajstić information content (AvgIpc) is 2.80. The summed E-state index contributed by atoms with van der Waals surface area (Å²) in [4.78, 5) is 16.2. The molecule has 0 aliphatic rings. The summed E-state index contributed by atoms with van der Waals surface area (Å²) in [5, 5.41) is 14.6. The second-order valence-electron chi connectivity index (χ2n) is 7.74. The van der Waals surface area contributed by atoms with Gasteiger partial charge in [-0.05, 0) is 17.9 Å². The summed E-state index contributed by atoms with van der Waals surface area (Å²) < 4.78 is 27.1. The van der Waals surface area contributed by atoms with Crippen molar-refractivity contribution < 1.29 is 45.5 Å². The van der Waals surface area contributed by atoms with Gasteiger partial charge in [-0.2, -0.15) is 9.83 Å². The summed E-state index contributed by atoms with van der Waals surface area (Å²) in [6.45, 7) is 9.06. The van der Waals surface area contributed by atoms with Crippen molar-refractivity contribution in [2.24, 2.45) is 10.4 Å². The lowest BCUT2D eigenvalue weighted by molar-refractivity contribution is -0.727. The van der Waals surface area contributed by atoms with Crippen LogP contribution in [-0.2, 0) is 30.4 Å². The number of ether oxygens (including phenoxy) is 5. The summed E-state index contributed by atoms with van der Waals surface area (Å²) >= 11 is 0. The first kappa shape index (κ1) is 31.4. The van der Waals surface area contributed by atoms with Crippen molar-refractivity contribution in [1.82, 2.24) is 5.32 Å². The maximum absolute atomic E-state index is 11.7. The molecule has 12 heteroatoms. The molecule has 0 aliphatic heterocycles. The first-order valence-electron chi connectivity index (χ1n) is 10.8. The van der Waals surface area contributed by atoms with E-state index in [9.17, 15) is 4.79 Å². The van der Waals surface area contributed by atoms with Gasteiger partial charge in [-0.15, -0.1) is 0 Å². The van der Waals surface area contributed by atoms with Crippen LogP contribution in [0.1, 0.15) is 27.2 Å². The Morgan fingerprint density at radius 1 is 1.15 bits per heavy atom. The molecule has 1 rings (SSSR count). The SMILES string of the molecule is CCC(C)(C)CN=C(NC#N)Nc1ccc[n+](COC(=O)OCCOCCOCCOC)c1.[Cl-]. The normalized spacial score (nSPS) is 11.2. The van der Waals surface area contributed by atoms with E-state index in [1.165, 1.54) is 0 Å². The lowest BCUT2D eigenvalue weighted by Crippen LogP contribution is -3.00. The highest BCUT2D eigenvalue weighted by Gasteiger charge is 2.15. The van der Waals surface area contributed by atoms with Crippen LogP contribution in [-0.4, -0.2) is 65.4 Å². The first-order chi connectivity index (χ1) is 15.9. The molecule has 1 aromatic heterocycles. The van der Waals surface area contributed by atoms with E-state index < -0.39 is 6.16 Å². The molecule has 11 nitrogen and oxygen atoms in total. The maximum atomic E-state index is 11.7. The van der Waals surface area contributed by atoms with Gasteiger partial charge in [0.05, 0.1) is 33.0 Å². The van der Waals surface area contributed by atoms with Crippen LogP contribution in [0.3, 0.4) is 0 Å². The molecule has 0 spiro atoms. The summed E-state index contributed by atoms with van der Waals surface area (Å²) in [6.07, 6.45) is 5.51. The van der Waals surface area contributed by atoms with E-state index in [1.54, 1.807) is 30.1 Å². The number of aromatic nitrogens is 1. The van der Waals surface area contributed by atoms with Crippen LogP contribution < -0.4 is 27.6 Å². The van der Waals surface area contributed by atoms with Crippen molar-refractivity contribution in [3.05, 3.63) is 24.5 Å². The fourth-order valence-electron chi connectivity index (χ4n) is 2.20. The minimum absolute atomic E-state index is 0. The zero-order chi connectivity index (χ0) is 24.4. The quantitative estimate of drug-likeness (QED) is 0.0594. The number of guanidine groups is 1. The zero-order valence-corrected chi connectivity index (χ0v) is 21.1. The van der Waals surface area contributed by atoms with Gasteiger partial charge >= 0.3 is 6.16 Å². The van der Waals surface area contributed by atoms with Gasteiger partial charge in [0.1, 0.15) is 12.3 Å². The third-order valence-corrected chi connectivity index (χ3v) is 4.50. The predicted molar refractivity (Wildman–Crippen MR) is 121 cm³/mol. The standard InChI is InChI=1S/C22H36N5O6.ClH/c1-5-22(2,3)16-24-20(25-17-23)26-19-7-6-8-27(15-19)18-33-21(28)32-14-13-31-12-11-30-10-9-29-4;/h6-8,15H,5,9-14,16,18H2,1-4H3,(H2,24,25,26);1H/q+1;/p-1. The van der Waals surface area contributed by atoms with E-state index in [0.29, 0.717) is 44.6 Å². The minimum atomic E-state index is -0.795. The smallest absolute Gasteiger partial charge is 0.513 e. The van der Waals surface area contributed by atoms with Gasteiger partial charge in [0.25, 0.3) is 6.73 Å². The lowest BCUT2D eigenvalue weighted by Gasteiger charge is -2.20. The topological polar surface area (TPSA) is 127 Å².